The van der Waals surface area contributed by atoms with Crippen LogP contribution in [0.25, 0.3) is 0 Å². The Morgan fingerprint density at radius 2 is 1.81 bits per heavy atom. The second-order valence-electron chi connectivity index (χ2n) is 9.13. The van der Waals surface area contributed by atoms with Crippen molar-refractivity contribution in [1.29, 1.82) is 0 Å². The van der Waals surface area contributed by atoms with Crippen LogP contribution in [0.15, 0.2) is 4.52 Å². The lowest BCUT2D eigenvalue weighted by atomic mass is 9.39. The molecule has 4 fully saturated rings. The highest BCUT2D eigenvalue weighted by molar-refractivity contribution is 5.39. The van der Waals surface area contributed by atoms with Gasteiger partial charge in [-0.25, -0.2) is 0 Å². The first-order valence-electron chi connectivity index (χ1n) is 8.57. The van der Waals surface area contributed by atoms with Gasteiger partial charge >= 0.3 is 0 Å². The maximum absolute atomic E-state index is 5.94. The van der Waals surface area contributed by atoms with E-state index in [1.165, 1.54) is 38.5 Å². The lowest BCUT2D eigenvalue weighted by Crippen LogP contribution is -2.55. The molecule has 0 aliphatic heterocycles. The average molecular weight is 288 g/mol. The van der Waals surface area contributed by atoms with Crippen molar-refractivity contribution in [1.82, 2.24) is 5.16 Å². The Morgan fingerprint density at radius 3 is 2.38 bits per heavy atom. The lowest BCUT2D eigenvalue weighted by Gasteiger charge is -2.65. The number of hydrogen-bond donors (Lipinski definition) is 1. The summed E-state index contributed by atoms with van der Waals surface area (Å²) in [5.74, 6) is 1.47. The van der Waals surface area contributed by atoms with Gasteiger partial charge in [0.05, 0.1) is 5.69 Å². The maximum atomic E-state index is 5.94. The zero-order valence-corrected chi connectivity index (χ0v) is 13.7. The van der Waals surface area contributed by atoms with Crippen LogP contribution in [-0.2, 0) is 12.8 Å². The number of hydrogen-bond acceptors (Lipinski definition) is 3. The third-order valence-corrected chi connectivity index (χ3v) is 6.54. The predicted octanol–water partition coefficient (Wildman–Crippen LogP) is 4.36. The van der Waals surface area contributed by atoms with E-state index in [0.29, 0.717) is 22.1 Å². The highest BCUT2D eigenvalue weighted by atomic mass is 16.5. The Kier molecular flexibility index (Phi) is 2.64. The van der Waals surface area contributed by atoms with E-state index in [-0.39, 0.29) is 0 Å². The van der Waals surface area contributed by atoms with Crippen LogP contribution in [0.1, 0.15) is 70.6 Å². The first-order valence-corrected chi connectivity index (χ1v) is 8.57. The molecule has 3 heteroatoms. The molecule has 3 nitrogen and oxygen atoms in total. The maximum Gasteiger partial charge on any atom is 0.225 e. The summed E-state index contributed by atoms with van der Waals surface area (Å²) in [4.78, 5) is 0. The van der Waals surface area contributed by atoms with Crippen molar-refractivity contribution < 1.29 is 4.52 Å². The number of nitrogen functional groups attached to an aromatic ring is 1. The quantitative estimate of drug-likeness (QED) is 0.899. The molecule has 2 N–H and O–H groups in total. The van der Waals surface area contributed by atoms with Crippen LogP contribution in [0.3, 0.4) is 0 Å². The van der Waals surface area contributed by atoms with Crippen LogP contribution >= 0.6 is 0 Å². The van der Waals surface area contributed by atoms with Crippen molar-refractivity contribution in [2.24, 2.45) is 22.2 Å². The van der Waals surface area contributed by atoms with Gasteiger partial charge in [-0.05, 0) is 73.5 Å². The van der Waals surface area contributed by atoms with E-state index in [2.05, 4.69) is 25.9 Å². The summed E-state index contributed by atoms with van der Waals surface area (Å²) in [7, 11) is 0. The van der Waals surface area contributed by atoms with E-state index in [1.807, 2.05) is 0 Å². The van der Waals surface area contributed by atoms with E-state index in [0.717, 1.165) is 30.0 Å². The van der Waals surface area contributed by atoms with Crippen LogP contribution in [0.5, 0.6) is 0 Å². The molecular formula is C18H28N2O. The van der Waals surface area contributed by atoms with Crippen molar-refractivity contribution in [3.8, 4) is 0 Å². The molecule has 0 aromatic carbocycles. The van der Waals surface area contributed by atoms with Gasteiger partial charge in [-0.3, -0.25) is 0 Å². The molecule has 1 aromatic heterocycles. The van der Waals surface area contributed by atoms with E-state index < -0.39 is 0 Å². The van der Waals surface area contributed by atoms with Gasteiger partial charge in [0.15, 0.2) is 0 Å². The van der Waals surface area contributed by atoms with Crippen molar-refractivity contribution in [2.75, 3.05) is 5.73 Å². The molecule has 2 atom stereocenters. The predicted molar refractivity (Wildman–Crippen MR) is 83.8 cm³/mol. The summed E-state index contributed by atoms with van der Waals surface area (Å²) in [5, 5.41) is 4.31. The van der Waals surface area contributed by atoms with Crippen LogP contribution in [0.4, 0.5) is 5.88 Å². The van der Waals surface area contributed by atoms with E-state index in [9.17, 15) is 0 Å². The average Bonchev–Trinajstić information content (AvgIpc) is 2.64. The van der Waals surface area contributed by atoms with Gasteiger partial charge in [-0.1, -0.05) is 25.9 Å². The molecule has 2 unspecified atom stereocenters. The van der Waals surface area contributed by atoms with Gasteiger partial charge in [0, 0.05) is 5.56 Å². The topological polar surface area (TPSA) is 52.0 Å². The third-order valence-electron chi connectivity index (χ3n) is 6.54. The van der Waals surface area contributed by atoms with Crippen LogP contribution in [0, 0.1) is 22.2 Å². The van der Waals surface area contributed by atoms with E-state index in [4.69, 9.17) is 10.3 Å². The smallest absolute Gasteiger partial charge is 0.225 e. The number of nitrogens with two attached hydrogens (primary N) is 1. The number of aromatic nitrogens is 1. The standard InChI is InChI=1S/C18H28N2O/c1-4-13-14(20-21-15(13)19)8-18-7-12-5-16(2,10-18)9-17(3,6-12)11-18/h12H,4-11,19H2,1-3H3. The third kappa shape index (κ3) is 2.03. The minimum Gasteiger partial charge on any atom is -0.367 e. The zero-order valence-electron chi connectivity index (χ0n) is 13.7. The summed E-state index contributed by atoms with van der Waals surface area (Å²) >= 11 is 0. The van der Waals surface area contributed by atoms with Crippen molar-refractivity contribution in [3.63, 3.8) is 0 Å². The summed E-state index contributed by atoms with van der Waals surface area (Å²) in [6.07, 6.45) is 10.5. The van der Waals surface area contributed by atoms with Crippen LogP contribution in [-0.4, -0.2) is 5.16 Å². The number of nitrogens with zero attached hydrogens (tertiary/aromatic N) is 1. The van der Waals surface area contributed by atoms with Gasteiger partial charge < -0.3 is 10.3 Å². The highest BCUT2D eigenvalue weighted by Gasteiger charge is 2.60. The van der Waals surface area contributed by atoms with Gasteiger partial charge in [0.1, 0.15) is 0 Å². The molecule has 0 amide bonds. The molecule has 1 aromatic rings. The fourth-order valence-corrected chi connectivity index (χ4v) is 7.11. The molecule has 1 heterocycles. The Morgan fingerprint density at radius 1 is 1.14 bits per heavy atom. The summed E-state index contributed by atoms with van der Waals surface area (Å²) in [6.45, 7) is 7.21. The number of anilines is 1. The molecule has 116 valence electrons. The highest BCUT2D eigenvalue weighted by Crippen LogP contribution is 2.70. The van der Waals surface area contributed by atoms with Crippen molar-refractivity contribution >= 4 is 5.88 Å². The van der Waals surface area contributed by atoms with Gasteiger partial charge in [-0.15, -0.1) is 0 Å². The summed E-state index contributed by atoms with van der Waals surface area (Å²) < 4.78 is 5.28. The van der Waals surface area contributed by atoms with Crippen LogP contribution in [0.2, 0.25) is 0 Å². The second-order valence-corrected chi connectivity index (χ2v) is 9.13. The number of rotatable bonds is 3. The molecule has 4 aliphatic rings. The lowest BCUT2D eigenvalue weighted by molar-refractivity contribution is -0.144. The SMILES string of the molecule is CCc1c(CC23CC4CC(C)(CC(C)(C4)C2)C3)noc1N. The zero-order chi connectivity index (χ0) is 14.9. The Labute approximate surface area is 127 Å². The molecule has 4 aliphatic carbocycles. The molecular weight excluding hydrogens is 260 g/mol. The fraction of sp³-hybridized carbons (Fsp3) is 0.833. The molecule has 21 heavy (non-hydrogen) atoms. The fourth-order valence-electron chi connectivity index (χ4n) is 7.11. The first kappa shape index (κ1) is 13.7. The second kappa shape index (κ2) is 4.05. The largest absolute Gasteiger partial charge is 0.367 e. The molecule has 0 spiro atoms. The first-order chi connectivity index (χ1) is 9.84. The minimum absolute atomic E-state index is 0.455. The van der Waals surface area contributed by atoms with Gasteiger partial charge in [-0.2, -0.15) is 0 Å². The summed E-state index contributed by atoms with van der Waals surface area (Å²) in [5.41, 5.74) is 9.82. The Bertz CT molecular complexity index is 558. The Hall–Kier alpha value is -0.990. The normalized spacial score (nSPS) is 44.4. The molecule has 5 rings (SSSR count). The van der Waals surface area contributed by atoms with Gasteiger partial charge in [0.2, 0.25) is 5.88 Å². The van der Waals surface area contributed by atoms with Gasteiger partial charge in [0.25, 0.3) is 0 Å². The molecule has 4 saturated carbocycles. The molecule has 4 bridgehead atoms. The summed E-state index contributed by atoms with van der Waals surface area (Å²) in [6, 6.07) is 0. The minimum atomic E-state index is 0.455. The Balaban J connectivity index is 1.68. The molecule has 0 radical (unpaired) electrons. The van der Waals surface area contributed by atoms with Crippen molar-refractivity contribution in [3.05, 3.63) is 11.3 Å². The van der Waals surface area contributed by atoms with E-state index in [1.54, 1.807) is 0 Å². The monoisotopic (exact) mass is 288 g/mol. The van der Waals surface area contributed by atoms with E-state index >= 15 is 0 Å². The van der Waals surface area contributed by atoms with Crippen LogP contribution < -0.4 is 5.73 Å². The molecule has 0 saturated heterocycles. The van der Waals surface area contributed by atoms with Crippen molar-refractivity contribution in [2.45, 2.75) is 72.1 Å².